The highest BCUT2D eigenvalue weighted by atomic mass is 19.1. The van der Waals surface area contributed by atoms with Gasteiger partial charge in [-0.2, -0.15) is 5.10 Å². The summed E-state index contributed by atoms with van der Waals surface area (Å²) in [6, 6.07) is 6.51. The molecule has 0 saturated carbocycles. The Balaban J connectivity index is 1.37. The number of benzene rings is 1. The fourth-order valence-electron chi connectivity index (χ4n) is 4.62. The number of rotatable bonds is 6. The Morgan fingerprint density at radius 3 is 2.42 bits per heavy atom. The number of H-pyrrole nitrogens is 1. The van der Waals surface area contributed by atoms with Crippen molar-refractivity contribution in [2.75, 3.05) is 44.7 Å². The largest absolute Gasteiger partial charge is 0.353 e. The summed E-state index contributed by atoms with van der Waals surface area (Å²) in [6.07, 6.45) is 4.56. The lowest BCUT2D eigenvalue weighted by molar-refractivity contribution is 0.161. The number of nitrogens with one attached hydrogen (secondary N) is 1. The smallest absolute Gasteiger partial charge is 0.319 e. The number of aryl methyl sites for hydroxylation is 1. The molecule has 1 aliphatic rings. The first-order valence-electron chi connectivity index (χ1n) is 12.8. The monoisotopic (exact) mass is 520 g/mol. The van der Waals surface area contributed by atoms with Crippen LogP contribution in [0.4, 0.5) is 19.4 Å². The zero-order chi connectivity index (χ0) is 26.8. The number of halogens is 2. The molecule has 1 aliphatic heterocycles. The highest BCUT2D eigenvalue weighted by molar-refractivity contribution is 5.90. The van der Waals surface area contributed by atoms with Crippen molar-refractivity contribution in [1.82, 2.24) is 34.9 Å². The molecule has 0 unspecified atom stereocenters. The van der Waals surface area contributed by atoms with Crippen molar-refractivity contribution in [3.05, 3.63) is 53.9 Å². The van der Waals surface area contributed by atoms with E-state index < -0.39 is 11.6 Å². The van der Waals surface area contributed by atoms with Crippen LogP contribution < -0.4 is 4.90 Å². The van der Waals surface area contributed by atoms with Gasteiger partial charge in [0.05, 0.1) is 11.8 Å². The van der Waals surface area contributed by atoms with Crippen molar-refractivity contribution in [3.63, 3.8) is 0 Å². The highest BCUT2D eigenvalue weighted by Gasteiger charge is 2.24. The number of carbonyl (C=O) groups is 1. The molecule has 0 radical (unpaired) electrons. The van der Waals surface area contributed by atoms with Gasteiger partial charge < -0.3 is 14.7 Å². The highest BCUT2D eigenvalue weighted by Crippen LogP contribution is 2.30. The predicted octanol–water partition coefficient (Wildman–Crippen LogP) is 4.51. The second-order valence-electron chi connectivity index (χ2n) is 9.39. The van der Waals surface area contributed by atoms with Crippen LogP contribution in [0.15, 0.2) is 36.7 Å². The summed E-state index contributed by atoms with van der Waals surface area (Å²) in [5.74, 6) is -0.612. The number of aromatic nitrogens is 5. The predicted molar refractivity (Wildman–Crippen MR) is 142 cm³/mol. The first-order chi connectivity index (χ1) is 18.4. The van der Waals surface area contributed by atoms with Crippen LogP contribution in [0, 0.1) is 11.6 Å². The molecule has 38 heavy (non-hydrogen) atoms. The second kappa shape index (κ2) is 10.7. The van der Waals surface area contributed by atoms with E-state index in [-0.39, 0.29) is 17.4 Å². The fourth-order valence-corrected chi connectivity index (χ4v) is 4.62. The number of aromatic amines is 1. The molecule has 5 rings (SSSR count). The lowest BCUT2D eigenvalue weighted by Crippen LogP contribution is -2.52. The molecule has 0 aliphatic carbocycles. The van der Waals surface area contributed by atoms with E-state index in [1.807, 2.05) is 30.9 Å². The van der Waals surface area contributed by atoms with Gasteiger partial charge in [-0.05, 0) is 43.2 Å². The van der Waals surface area contributed by atoms with Gasteiger partial charge in [-0.25, -0.2) is 28.5 Å². The van der Waals surface area contributed by atoms with Crippen molar-refractivity contribution in [2.45, 2.75) is 26.7 Å². The third-order valence-corrected chi connectivity index (χ3v) is 6.86. The van der Waals surface area contributed by atoms with E-state index in [0.29, 0.717) is 67.0 Å². The Labute approximate surface area is 219 Å². The van der Waals surface area contributed by atoms with E-state index in [4.69, 9.17) is 0 Å². The Hall–Kier alpha value is -4.15. The van der Waals surface area contributed by atoms with E-state index in [1.54, 1.807) is 18.1 Å². The maximum absolute atomic E-state index is 14.8. The van der Waals surface area contributed by atoms with Gasteiger partial charge >= 0.3 is 6.03 Å². The van der Waals surface area contributed by atoms with Gasteiger partial charge in [0.2, 0.25) is 0 Å². The molecule has 4 aromatic rings. The number of anilines is 1. The van der Waals surface area contributed by atoms with Crippen LogP contribution in [0.3, 0.4) is 0 Å². The SMILES string of the molecule is CCCc1cc(F)c(-c2ncc3[nH]nc(-c4ccc(N5CCN(C(=O)N(C)CC)CC5)nc4)c3n2)c(F)c1. The number of carbonyl (C=O) groups excluding carboxylic acids is 1. The summed E-state index contributed by atoms with van der Waals surface area (Å²) in [5, 5.41) is 7.25. The van der Waals surface area contributed by atoms with Crippen molar-refractivity contribution in [1.29, 1.82) is 0 Å². The quantitative estimate of drug-likeness (QED) is 0.402. The van der Waals surface area contributed by atoms with Gasteiger partial charge in [-0.1, -0.05) is 13.3 Å². The van der Waals surface area contributed by atoms with Gasteiger partial charge in [0.25, 0.3) is 0 Å². The molecule has 3 aromatic heterocycles. The number of piperazine rings is 1. The number of pyridine rings is 1. The zero-order valence-corrected chi connectivity index (χ0v) is 21.7. The Morgan fingerprint density at radius 1 is 1.05 bits per heavy atom. The molecule has 1 saturated heterocycles. The molecule has 9 nitrogen and oxygen atoms in total. The van der Waals surface area contributed by atoms with Gasteiger partial charge in [-0.15, -0.1) is 0 Å². The minimum Gasteiger partial charge on any atom is -0.353 e. The van der Waals surface area contributed by atoms with Crippen LogP contribution in [-0.4, -0.2) is 80.8 Å². The van der Waals surface area contributed by atoms with E-state index in [0.717, 1.165) is 12.2 Å². The van der Waals surface area contributed by atoms with Gasteiger partial charge in [0, 0.05) is 51.5 Å². The molecule has 1 fully saturated rings. The number of amides is 2. The minimum absolute atomic E-state index is 0.0380. The summed E-state index contributed by atoms with van der Waals surface area (Å²) < 4.78 is 29.7. The summed E-state index contributed by atoms with van der Waals surface area (Å²) in [7, 11) is 1.80. The molecule has 11 heteroatoms. The number of fused-ring (bicyclic) bond motifs is 1. The molecule has 2 amide bonds. The molecule has 4 heterocycles. The van der Waals surface area contributed by atoms with E-state index in [9.17, 15) is 13.6 Å². The standard InChI is InChI=1S/C27H30F2N8O/c1-4-6-17-13-19(28)23(20(29)14-17)26-31-16-21-25(32-26)24(34-33-21)18-7-8-22(30-15-18)36-9-11-37(12-10-36)27(38)35(3)5-2/h7-8,13-16H,4-6,9-12H2,1-3H3,(H,33,34). The fraction of sp³-hybridized carbons (Fsp3) is 0.370. The number of nitrogens with zero attached hydrogens (tertiary/aromatic N) is 7. The topological polar surface area (TPSA) is 94.1 Å². The maximum atomic E-state index is 14.8. The molecule has 1 aromatic carbocycles. The summed E-state index contributed by atoms with van der Waals surface area (Å²) in [6.45, 7) is 7.21. The van der Waals surface area contributed by atoms with Crippen LogP contribution in [0.1, 0.15) is 25.8 Å². The Kier molecular flexibility index (Phi) is 7.17. The molecule has 0 atom stereocenters. The second-order valence-corrected chi connectivity index (χ2v) is 9.39. The molecule has 0 bridgehead atoms. The van der Waals surface area contributed by atoms with Crippen LogP contribution in [-0.2, 0) is 6.42 Å². The third-order valence-electron chi connectivity index (χ3n) is 6.86. The van der Waals surface area contributed by atoms with Crippen LogP contribution in [0.2, 0.25) is 0 Å². The van der Waals surface area contributed by atoms with Gasteiger partial charge in [-0.3, -0.25) is 5.10 Å². The number of hydrogen-bond donors (Lipinski definition) is 1. The summed E-state index contributed by atoms with van der Waals surface area (Å²) in [5.41, 5.74) is 2.58. The normalized spacial score (nSPS) is 13.8. The van der Waals surface area contributed by atoms with Crippen molar-refractivity contribution >= 4 is 22.9 Å². The molecule has 1 N–H and O–H groups in total. The summed E-state index contributed by atoms with van der Waals surface area (Å²) >= 11 is 0. The van der Waals surface area contributed by atoms with Gasteiger partial charge in [0.15, 0.2) is 5.82 Å². The average molecular weight is 521 g/mol. The van der Waals surface area contributed by atoms with Crippen molar-refractivity contribution in [3.8, 4) is 22.6 Å². The number of hydrogen-bond acceptors (Lipinski definition) is 6. The first-order valence-corrected chi connectivity index (χ1v) is 12.8. The maximum Gasteiger partial charge on any atom is 0.319 e. The number of urea groups is 1. The minimum atomic E-state index is -0.688. The lowest BCUT2D eigenvalue weighted by atomic mass is 10.1. The van der Waals surface area contributed by atoms with E-state index in [1.165, 1.54) is 18.3 Å². The van der Waals surface area contributed by atoms with Crippen LogP contribution in [0.25, 0.3) is 33.7 Å². The van der Waals surface area contributed by atoms with E-state index in [2.05, 4.69) is 30.0 Å². The first kappa shape index (κ1) is 25.5. The van der Waals surface area contributed by atoms with Gasteiger partial charge in [0.1, 0.15) is 34.2 Å². The summed E-state index contributed by atoms with van der Waals surface area (Å²) in [4.78, 5) is 31.4. The van der Waals surface area contributed by atoms with E-state index >= 15 is 0 Å². The molecular weight excluding hydrogens is 490 g/mol. The molecule has 198 valence electrons. The Morgan fingerprint density at radius 2 is 1.79 bits per heavy atom. The molecule has 0 spiro atoms. The molecular formula is C27H30F2N8O. The van der Waals surface area contributed by atoms with Crippen LogP contribution >= 0.6 is 0 Å². The third kappa shape index (κ3) is 4.88. The zero-order valence-electron chi connectivity index (χ0n) is 21.7. The Bertz CT molecular complexity index is 1420. The average Bonchev–Trinajstić information content (AvgIpc) is 3.35. The van der Waals surface area contributed by atoms with Crippen molar-refractivity contribution in [2.24, 2.45) is 0 Å². The van der Waals surface area contributed by atoms with Crippen molar-refractivity contribution < 1.29 is 13.6 Å². The lowest BCUT2D eigenvalue weighted by Gasteiger charge is -2.37. The van der Waals surface area contributed by atoms with Crippen LogP contribution in [0.5, 0.6) is 0 Å².